The Balaban J connectivity index is 1.94. The van der Waals surface area contributed by atoms with E-state index in [1.54, 1.807) is 30.3 Å². The van der Waals surface area contributed by atoms with Crippen LogP contribution < -0.4 is 5.56 Å². The number of aromatic amines is 1. The van der Waals surface area contributed by atoms with E-state index < -0.39 is 0 Å². The zero-order valence-corrected chi connectivity index (χ0v) is 12.7. The number of nitrogens with zero attached hydrogens (tertiary/aromatic N) is 1. The molecule has 0 bridgehead atoms. The molecule has 2 N–H and O–H groups in total. The minimum absolute atomic E-state index is 0.158. The first-order chi connectivity index (χ1) is 11.1. The van der Waals surface area contributed by atoms with Crippen molar-refractivity contribution in [1.82, 2.24) is 9.97 Å². The van der Waals surface area contributed by atoms with Gasteiger partial charge in [0.15, 0.2) is 0 Å². The van der Waals surface area contributed by atoms with Crippen molar-refractivity contribution in [3.63, 3.8) is 0 Å². The van der Waals surface area contributed by atoms with Crippen molar-refractivity contribution < 1.29 is 5.11 Å². The first-order valence-corrected chi connectivity index (χ1v) is 7.27. The van der Waals surface area contributed by atoms with Crippen LogP contribution in [0.3, 0.4) is 0 Å². The minimum Gasteiger partial charge on any atom is -0.508 e. The highest BCUT2D eigenvalue weighted by molar-refractivity contribution is 5.69. The summed E-state index contributed by atoms with van der Waals surface area (Å²) in [6.45, 7) is 1.83. The molecule has 3 aromatic rings. The van der Waals surface area contributed by atoms with Gasteiger partial charge in [-0.05, 0) is 36.3 Å². The molecule has 1 aromatic heterocycles. The molecule has 0 aliphatic rings. The van der Waals surface area contributed by atoms with Crippen LogP contribution in [-0.2, 0) is 0 Å². The molecule has 2 aromatic carbocycles. The van der Waals surface area contributed by atoms with E-state index in [1.165, 1.54) is 0 Å². The Morgan fingerprint density at radius 2 is 1.70 bits per heavy atom. The summed E-state index contributed by atoms with van der Waals surface area (Å²) in [6, 6.07) is 16.3. The Morgan fingerprint density at radius 3 is 2.35 bits per heavy atom. The molecule has 114 valence electrons. The highest BCUT2D eigenvalue weighted by Crippen LogP contribution is 2.18. The molecule has 0 saturated carbocycles. The van der Waals surface area contributed by atoms with Gasteiger partial charge in [0.25, 0.3) is 5.56 Å². The molecule has 3 rings (SSSR count). The van der Waals surface area contributed by atoms with Crippen molar-refractivity contribution in [2.75, 3.05) is 0 Å². The predicted molar refractivity (Wildman–Crippen MR) is 92.1 cm³/mol. The predicted octanol–water partition coefficient (Wildman–Crippen LogP) is 3.62. The van der Waals surface area contributed by atoms with E-state index in [0.29, 0.717) is 17.1 Å². The maximum absolute atomic E-state index is 12.4. The molecular weight excluding hydrogens is 288 g/mol. The number of aromatic nitrogens is 2. The molecule has 0 aliphatic carbocycles. The molecule has 23 heavy (non-hydrogen) atoms. The van der Waals surface area contributed by atoms with Crippen LogP contribution in [-0.4, -0.2) is 15.1 Å². The maximum atomic E-state index is 12.4. The first kappa shape index (κ1) is 14.8. The van der Waals surface area contributed by atoms with E-state index >= 15 is 0 Å². The van der Waals surface area contributed by atoms with Crippen LogP contribution in [0.15, 0.2) is 59.4 Å². The monoisotopic (exact) mass is 304 g/mol. The Hall–Kier alpha value is -3.14. The van der Waals surface area contributed by atoms with E-state index in [4.69, 9.17) is 0 Å². The molecule has 4 nitrogen and oxygen atoms in total. The van der Waals surface area contributed by atoms with Gasteiger partial charge in [0.05, 0.1) is 11.3 Å². The van der Waals surface area contributed by atoms with Gasteiger partial charge in [-0.25, -0.2) is 4.98 Å². The topological polar surface area (TPSA) is 66.0 Å². The Labute approximate surface area is 133 Å². The van der Waals surface area contributed by atoms with Gasteiger partial charge in [0.2, 0.25) is 0 Å². The standard InChI is InChI=1S/C19H16N2O2/c1-13-18(15-5-3-2-4-6-15)19(23)21-17(20-13)12-9-14-7-10-16(22)11-8-14/h2-12,22H,1H3,(H,20,21,23)/b12-9+. The normalized spacial score (nSPS) is 11.0. The number of phenols is 1. The number of phenolic OH excluding ortho intramolecular Hbond substituents is 1. The Bertz CT molecular complexity index is 895. The molecule has 0 fully saturated rings. The van der Waals surface area contributed by atoms with Gasteiger partial charge < -0.3 is 10.1 Å². The SMILES string of the molecule is Cc1nc(/C=C/c2ccc(O)cc2)[nH]c(=O)c1-c1ccccc1. The van der Waals surface area contributed by atoms with Gasteiger partial charge in [-0.15, -0.1) is 0 Å². The highest BCUT2D eigenvalue weighted by Gasteiger charge is 2.08. The summed E-state index contributed by atoms with van der Waals surface area (Å²) in [5.41, 5.74) is 2.88. The zero-order valence-electron chi connectivity index (χ0n) is 12.7. The number of benzene rings is 2. The van der Waals surface area contributed by atoms with Crippen molar-refractivity contribution in [2.24, 2.45) is 0 Å². The van der Waals surface area contributed by atoms with E-state index in [2.05, 4.69) is 9.97 Å². The van der Waals surface area contributed by atoms with Crippen LogP contribution in [0.5, 0.6) is 5.75 Å². The lowest BCUT2D eigenvalue weighted by Gasteiger charge is -2.05. The molecule has 0 aliphatic heterocycles. The number of hydrogen-bond donors (Lipinski definition) is 2. The zero-order chi connectivity index (χ0) is 16.2. The lowest BCUT2D eigenvalue weighted by molar-refractivity contribution is 0.475. The molecule has 4 heteroatoms. The number of aromatic hydroxyl groups is 1. The number of aryl methyl sites for hydroxylation is 1. The van der Waals surface area contributed by atoms with Crippen molar-refractivity contribution in [3.8, 4) is 16.9 Å². The van der Waals surface area contributed by atoms with E-state index in [-0.39, 0.29) is 11.3 Å². The molecule has 0 spiro atoms. The lowest BCUT2D eigenvalue weighted by Crippen LogP contribution is -2.14. The number of nitrogens with one attached hydrogen (secondary N) is 1. The van der Waals surface area contributed by atoms with Gasteiger partial charge in [-0.2, -0.15) is 0 Å². The van der Waals surface area contributed by atoms with Crippen LogP contribution in [0.4, 0.5) is 0 Å². The van der Waals surface area contributed by atoms with Crippen LogP contribution >= 0.6 is 0 Å². The van der Waals surface area contributed by atoms with Crippen LogP contribution in [0.2, 0.25) is 0 Å². The third-order valence-electron chi connectivity index (χ3n) is 3.51. The second-order valence-corrected chi connectivity index (χ2v) is 5.20. The van der Waals surface area contributed by atoms with Gasteiger partial charge in [0, 0.05) is 0 Å². The number of hydrogen-bond acceptors (Lipinski definition) is 3. The minimum atomic E-state index is -0.158. The largest absolute Gasteiger partial charge is 0.508 e. The lowest BCUT2D eigenvalue weighted by atomic mass is 10.1. The van der Waals surface area contributed by atoms with Gasteiger partial charge in [-0.3, -0.25) is 4.79 Å². The maximum Gasteiger partial charge on any atom is 0.259 e. The summed E-state index contributed by atoms with van der Waals surface area (Å²) in [4.78, 5) is 19.6. The third kappa shape index (κ3) is 3.37. The molecule has 0 unspecified atom stereocenters. The fourth-order valence-electron chi connectivity index (χ4n) is 2.39. The average molecular weight is 304 g/mol. The smallest absolute Gasteiger partial charge is 0.259 e. The number of rotatable bonds is 3. The summed E-state index contributed by atoms with van der Waals surface area (Å²) in [7, 11) is 0. The highest BCUT2D eigenvalue weighted by atomic mass is 16.3. The fourth-order valence-corrected chi connectivity index (χ4v) is 2.39. The Kier molecular flexibility index (Phi) is 4.06. The fraction of sp³-hybridized carbons (Fsp3) is 0.0526. The summed E-state index contributed by atoms with van der Waals surface area (Å²) >= 11 is 0. The quantitative estimate of drug-likeness (QED) is 0.776. The van der Waals surface area contributed by atoms with Crippen molar-refractivity contribution in [3.05, 3.63) is 82.0 Å². The molecule has 0 saturated heterocycles. The van der Waals surface area contributed by atoms with Crippen molar-refractivity contribution in [1.29, 1.82) is 0 Å². The summed E-state index contributed by atoms with van der Waals surface area (Å²) in [5.74, 6) is 0.719. The first-order valence-electron chi connectivity index (χ1n) is 7.27. The summed E-state index contributed by atoms with van der Waals surface area (Å²) in [6.07, 6.45) is 3.58. The van der Waals surface area contributed by atoms with Gasteiger partial charge in [0.1, 0.15) is 11.6 Å². The van der Waals surface area contributed by atoms with Crippen LogP contribution in [0.1, 0.15) is 17.1 Å². The molecule has 0 amide bonds. The molecule has 1 heterocycles. The Morgan fingerprint density at radius 1 is 1.00 bits per heavy atom. The van der Waals surface area contributed by atoms with Crippen molar-refractivity contribution in [2.45, 2.75) is 6.92 Å². The van der Waals surface area contributed by atoms with Gasteiger partial charge >= 0.3 is 0 Å². The van der Waals surface area contributed by atoms with Crippen LogP contribution in [0.25, 0.3) is 23.3 Å². The average Bonchev–Trinajstić information content (AvgIpc) is 2.55. The molecule has 0 atom stereocenters. The third-order valence-corrected chi connectivity index (χ3v) is 3.51. The van der Waals surface area contributed by atoms with E-state index in [0.717, 1.165) is 11.1 Å². The summed E-state index contributed by atoms with van der Waals surface area (Å²) < 4.78 is 0. The molecule has 0 radical (unpaired) electrons. The second-order valence-electron chi connectivity index (χ2n) is 5.20. The van der Waals surface area contributed by atoms with E-state index in [1.807, 2.05) is 43.3 Å². The number of H-pyrrole nitrogens is 1. The van der Waals surface area contributed by atoms with Crippen molar-refractivity contribution >= 4 is 12.2 Å². The van der Waals surface area contributed by atoms with Crippen LogP contribution in [0, 0.1) is 6.92 Å². The van der Waals surface area contributed by atoms with E-state index in [9.17, 15) is 9.90 Å². The second kappa shape index (κ2) is 6.32. The molecular formula is C19H16N2O2. The summed E-state index contributed by atoms with van der Waals surface area (Å²) in [5, 5.41) is 9.27. The van der Waals surface area contributed by atoms with Gasteiger partial charge in [-0.1, -0.05) is 48.5 Å².